The highest BCUT2D eigenvalue weighted by molar-refractivity contribution is 6.05. The molecule has 42 heavy (non-hydrogen) atoms. The average Bonchev–Trinajstić information content (AvgIpc) is 3.63. The number of aromatic amines is 1. The fraction of sp³-hybridized carbons (Fsp3) is 0.103. The molecule has 0 aliphatic carbocycles. The smallest absolute Gasteiger partial charge is 0.339 e. The molecule has 0 radical (unpaired) electrons. The van der Waals surface area contributed by atoms with Crippen molar-refractivity contribution in [1.29, 1.82) is 0 Å². The molecule has 4 heterocycles. The number of pyridine rings is 1. The van der Waals surface area contributed by atoms with Crippen LogP contribution in [0.5, 0.6) is 0 Å². The number of H-pyrrole nitrogens is 1. The first-order chi connectivity index (χ1) is 20.2. The normalized spacial score (nSPS) is 11.5. The van der Waals surface area contributed by atoms with Crippen LogP contribution in [0.25, 0.3) is 28.1 Å². The van der Waals surface area contributed by atoms with E-state index in [-0.39, 0.29) is 11.3 Å². The average molecular weight is 570 g/mol. The van der Waals surface area contributed by atoms with Crippen LogP contribution in [-0.2, 0) is 6.18 Å². The molecule has 0 saturated heterocycles. The van der Waals surface area contributed by atoms with Crippen molar-refractivity contribution in [3.8, 4) is 16.9 Å². The number of carbonyl (C=O) groups excluding carboxylic acids is 1. The van der Waals surface area contributed by atoms with Gasteiger partial charge in [-0.05, 0) is 61.9 Å². The predicted molar refractivity (Wildman–Crippen MR) is 151 cm³/mol. The van der Waals surface area contributed by atoms with E-state index in [0.717, 1.165) is 17.7 Å². The fourth-order valence-corrected chi connectivity index (χ4v) is 4.44. The summed E-state index contributed by atoms with van der Waals surface area (Å²) in [5, 5.41) is 6.01. The number of amides is 1. The topological polar surface area (TPSA) is 126 Å². The van der Waals surface area contributed by atoms with Crippen molar-refractivity contribution in [2.24, 2.45) is 0 Å². The van der Waals surface area contributed by atoms with Crippen molar-refractivity contribution in [2.45, 2.75) is 20.0 Å². The molecule has 0 bridgehead atoms. The van der Waals surface area contributed by atoms with Crippen molar-refractivity contribution in [3.63, 3.8) is 0 Å². The Morgan fingerprint density at radius 3 is 2.62 bits per heavy atom. The van der Waals surface area contributed by atoms with Crippen LogP contribution in [0.3, 0.4) is 0 Å². The summed E-state index contributed by atoms with van der Waals surface area (Å²) >= 11 is 0. The van der Waals surface area contributed by atoms with Gasteiger partial charge in [0.25, 0.3) is 5.91 Å². The first-order valence-electron chi connectivity index (χ1n) is 12.7. The Hall–Kier alpha value is -5.59. The second-order valence-electron chi connectivity index (χ2n) is 9.52. The molecule has 0 spiro atoms. The lowest BCUT2D eigenvalue weighted by atomic mass is 10.1. The Morgan fingerprint density at radius 2 is 1.83 bits per heavy atom. The number of anilines is 3. The van der Waals surface area contributed by atoms with Gasteiger partial charge in [0.15, 0.2) is 5.65 Å². The van der Waals surface area contributed by atoms with E-state index in [1.807, 2.05) is 13.0 Å². The molecule has 0 unspecified atom stereocenters. The zero-order valence-electron chi connectivity index (χ0n) is 22.2. The highest BCUT2D eigenvalue weighted by Crippen LogP contribution is 2.34. The first-order valence-corrected chi connectivity index (χ1v) is 12.7. The highest BCUT2D eigenvalue weighted by Gasteiger charge is 2.32. The molecule has 210 valence electrons. The number of alkyl halides is 3. The molecule has 4 aromatic heterocycles. The van der Waals surface area contributed by atoms with E-state index in [1.165, 1.54) is 29.6 Å². The summed E-state index contributed by atoms with van der Waals surface area (Å²) in [5.41, 5.74) is 3.95. The van der Waals surface area contributed by atoms with Gasteiger partial charge in [-0.2, -0.15) is 13.2 Å². The highest BCUT2D eigenvalue weighted by atomic mass is 19.4. The number of nitrogens with one attached hydrogen (secondary N) is 3. The van der Waals surface area contributed by atoms with Gasteiger partial charge in [0.05, 0.1) is 23.9 Å². The third-order valence-corrected chi connectivity index (χ3v) is 6.55. The third kappa shape index (κ3) is 5.27. The number of imidazole rings is 2. The largest absolute Gasteiger partial charge is 0.416 e. The van der Waals surface area contributed by atoms with Crippen molar-refractivity contribution in [3.05, 3.63) is 102 Å². The van der Waals surface area contributed by atoms with Crippen LogP contribution in [0.4, 0.5) is 30.4 Å². The molecule has 0 aliphatic rings. The first kappa shape index (κ1) is 26.6. The summed E-state index contributed by atoms with van der Waals surface area (Å²) in [7, 11) is 0. The lowest BCUT2D eigenvalue weighted by Gasteiger charge is -2.15. The number of fused-ring (bicyclic) bond motifs is 1. The molecular formula is C29H22F3N9O. The summed E-state index contributed by atoms with van der Waals surface area (Å²) in [6.45, 7) is 3.60. The number of aryl methyl sites for hydroxylation is 2. The summed E-state index contributed by atoms with van der Waals surface area (Å²) in [6, 6.07) is 11.9. The summed E-state index contributed by atoms with van der Waals surface area (Å²) in [5.74, 6) is -0.209. The standard InChI is InChI=1S/C29H22F3N9O/c1-16-5-6-20(39-28(42)18-8-19(29(30,31)32)10-21(9-18)41-12-17(2)38-15-41)11-23(16)40-26-22(4-3-7-33-26)24-25-27(36-13-34-24)37-14-35-25/h3-15H,1-2H3,(H,33,40)(H,39,42)(H,34,35,36,37). The molecular weight excluding hydrogens is 547 g/mol. The molecule has 0 saturated carbocycles. The molecule has 0 fully saturated rings. The maximum Gasteiger partial charge on any atom is 0.416 e. The molecule has 0 aliphatic heterocycles. The van der Waals surface area contributed by atoms with E-state index in [0.29, 0.717) is 45.3 Å². The van der Waals surface area contributed by atoms with E-state index >= 15 is 0 Å². The van der Waals surface area contributed by atoms with Gasteiger partial charge in [-0.15, -0.1) is 0 Å². The van der Waals surface area contributed by atoms with Gasteiger partial charge in [0, 0.05) is 40.6 Å². The lowest BCUT2D eigenvalue weighted by molar-refractivity contribution is -0.137. The Labute approximate surface area is 236 Å². The molecule has 3 N–H and O–H groups in total. The van der Waals surface area contributed by atoms with Gasteiger partial charge >= 0.3 is 6.18 Å². The zero-order chi connectivity index (χ0) is 29.4. The van der Waals surface area contributed by atoms with Crippen LogP contribution in [0.1, 0.15) is 27.2 Å². The number of benzene rings is 2. The monoisotopic (exact) mass is 569 g/mol. The maximum absolute atomic E-state index is 13.7. The lowest BCUT2D eigenvalue weighted by Crippen LogP contribution is -2.15. The summed E-state index contributed by atoms with van der Waals surface area (Å²) < 4.78 is 42.5. The maximum atomic E-state index is 13.7. The molecule has 6 rings (SSSR count). The van der Waals surface area contributed by atoms with Crippen LogP contribution >= 0.6 is 0 Å². The minimum atomic E-state index is -4.65. The second-order valence-corrected chi connectivity index (χ2v) is 9.52. The van der Waals surface area contributed by atoms with E-state index in [2.05, 4.69) is 40.5 Å². The number of halogens is 3. The van der Waals surface area contributed by atoms with Crippen LogP contribution in [0, 0.1) is 13.8 Å². The van der Waals surface area contributed by atoms with E-state index < -0.39 is 17.6 Å². The number of rotatable bonds is 6. The van der Waals surface area contributed by atoms with Crippen LogP contribution < -0.4 is 10.6 Å². The molecule has 6 aromatic rings. The number of hydrogen-bond acceptors (Lipinski definition) is 7. The van der Waals surface area contributed by atoms with Gasteiger partial charge in [-0.25, -0.2) is 24.9 Å². The fourth-order valence-electron chi connectivity index (χ4n) is 4.44. The molecule has 0 atom stereocenters. The second kappa shape index (κ2) is 10.4. The van der Waals surface area contributed by atoms with Crippen molar-refractivity contribution in [1.82, 2.24) is 34.5 Å². The van der Waals surface area contributed by atoms with E-state index in [9.17, 15) is 18.0 Å². The van der Waals surface area contributed by atoms with Crippen molar-refractivity contribution >= 4 is 34.3 Å². The number of carbonyl (C=O) groups is 1. The Morgan fingerprint density at radius 1 is 0.976 bits per heavy atom. The van der Waals surface area contributed by atoms with Gasteiger partial charge in [0.2, 0.25) is 0 Å². The third-order valence-electron chi connectivity index (χ3n) is 6.55. The van der Waals surface area contributed by atoms with Gasteiger partial charge in [-0.3, -0.25) is 4.79 Å². The summed E-state index contributed by atoms with van der Waals surface area (Å²) in [6.07, 6.45) is 2.93. The minimum absolute atomic E-state index is 0.153. The number of hydrogen-bond donors (Lipinski definition) is 3. The van der Waals surface area contributed by atoms with Gasteiger partial charge in [0.1, 0.15) is 23.4 Å². The SMILES string of the molecule is Cc1cn(-c2cc(C(=O)Nc3ccc(C)c(Nc4ncccc4-c4ncnc5[nH]cnc45)c3)cc(C(F)(F)F)c2)cn1. The van der Waals surface area contributed by atoms with Crippen molar-refractivity contribution < 1.29 is 18.0 Å². The Balaban J connectivity index is 1.31. The summed E-state index contributed by atoms with van der Waals surface area (Å²) in [4.78, 5) is 37.6. The van der Waals surface area contributed by atoms with Crippen LogP contribution in [0.15, 0.2) is 79.9 Å². The van der Waals surface area contributed by atoms with Crippen LogP contribution in [0.2, 0.25) is 0 Å². The van der Waals surface area contributed by atoms with E-state index in [1.54, 1.807) is 43.6 Å². The van der Waals surface area contributed by atoms with Gasteiger partial charge < -0.3 is 20.2 Å². The van der Waals surface area contributed by atoms with Crippen LogP contribution in [-0.4, -0.2) is 40.4 Å². The molecule has 2 aromatic carbocycles. The molecule has 1 amide bonds. The van der Waals surface area contributed by atoms with Gasteiger partial charge in [-0.1, -0.05) is 6.07 Å². The Kier molecular flexibility index (Phi) is 6.61. The Bertz CT molecular complexity index is 1940. The molecule has 13 heteroatoms. The number of aromatic nitrogens is 7. The number of nitrogens with zero attached hydrogens (tertiary/aromatic N) is 6. The zero-order valence-corrected chi connectivity index (χ0v) is 22.2. The minimum Gasteiger partial charge on any atom is -0.339 e. The predicted octanol–water partition coefficient (Wildman–Crippen LogP) is 6.23. The van der Waals surface area contributed by atoms with E-state index in [4.69, 9.17) is 0 Å². The van der Waals surface area contributed by atoms with Crippen molar-refractivity contribution in [2.75, 3.05) is 10.6 Å². The molecule has 10 nitrogen and oxygen atoms in total. The quantitative estimate of drug-likeness (QED) is 0.217.